The van der Waals surface area contributed by atoms with Gasteiger partial charge in [-0.15, -0.1) is 0 Å². The molecule has 108 valence electrons. The summed E-state index contributed by atoms with van der Waals surface area (Å²) in [6.45, 7) is 3.96. The van der Waals surface area contributed by atoms with E-state index in [1.165, 1.54) is 0 Å². The van der Waals surface area contributed by atoms with Crippen molar-refractivity contribution in [2.45, 2.75) is 13.3 Å². The second kappa shape index (κ2) is 6.13. The summed E-state index contributed by atoms with van der Waals surface area (Å²) in [7, 11) is 0. The summed E-state index contributed by atoms with van der Waals surface area (Å²) < 4.78 is 0. The standard InChI is InChI=1S/C14H18ClN3O2/c1-10(19)17-5-2-6-18(8-7-17)14(20)12-4-3-11(16)9-13(12)15/h3-4,9H,2,5-8,16H2,1H3. The summed E-state index contributed by atoms with van der Waals surface area (Å²) in [4.78, 5) is 27.3. The molecule has 0 atom stereocenters. The molecule has 6 heteroatoms. The van der Waals surface area contributed by atoms with Crippen LogP contribution in [0.2, 0.25) is 5.02 Å². The molecule has 2 amide bonds. The molecule has 1 aromatic rings. The highest BCUT2D eigenvalue weighted by Gasteiger charge is 2.22. The van der Waals surface area contributed by atoms with Crippen molar-refractivity contribution in [1.82, 2.24) is 9.80 Å². The molecule has 0 bridgehead atoms. The van der Waals surface area contributed by atoms with Crippen LogP contribution in [0.5, 0.6) is 0 Å². The van der Waals surface area contributed by atoms with E-state index in [4.69, 9.17) is 17.3 Å². The molecular formula is C14H18ClN3O2. The summed E-state index contributed by atoms with van der Waals surface area (Å²) in [6.07, 6.45) is 0.776. The molecule has 1 aromatic carbocycles. The van der Waals surface area contributed by atoms with Gasteiger partial charge >= 0.3 is 0 Å². The fraction of sp³-hybridized carbons (Fsp3) is 0.429. The maximum atomic E-state index is 12.5. The van der Waals surface area contributed by atoms with Crippen LogP contribution in [0.4, 0.5) is 5.69 Å². The van der Waals surface area contributed by atoms with Gasteiger partial charge in [0.1, 0.15) is 0 Å². The van der Waals surface area contributed by atoms with Crippen molar-refractivity contribution in [3.63, 3.8) is 0 Å². The van der Waals surface area contributed by atoms with Gasteiger partial charge in [-0.05, 0) is 24.6 Å². The fourth-order valence-electron chi connectivity index (χ4n) is 2.31. The average molecular weight is 296 g/mol. The summed E-state index contributed by atoms with van der Waals surface area (Å²) >= 11 is 6.07. The number of hydrogen-bond acceptors (Lipinski definition) is 3. The summed E-state index contributed by atoms with van der Waals surface area (Å²) in [5, 5.41) is 0.364. The van der Waals surface area contributed by atoms with Crippen LogP contribution < -0.4 is 5.73 Å². The van der Waals surface area contributed by atoms with Gasteiger partial charge in [0.05, 0.1) is 10.6 Å². The molecule has 0 aliphatic carbocycles. The van der Waals surface area contributed by atoms with E-state index in [2.05, 4.69) is 0 Å². The van der Waals surface area contributed by atoms with Crippen molar-refractivity contribution in [1.29, 1.82) is 0 Å². The molecule has 5 nitrogen and oxygen atoms in total. The van der Waals surface area contributed by atoms with Gasteiger partial charge in [-0.1, -0.05) is 11.6 Å². The molecule has 0 spiro atoms. The molecule has 2 N–H and O–H groups in total. The quantitative estimate of drug-likeness (QED) is 0.801. The summed E-state index contributed by atoms with van der Waals surface area (Å²) in [5.41, 5.74) is 6.62. The van der Waals surface area contributed by atoms with Crippen LogP contribution in [0.3, 0.4) is 0 Å². The van der Waals surface area contributed by atoms with E-state index in [0.717, 1.165) is 6.42 Å². The third-order valence-corrected chi connectivity index (χ3v) is 3.76. The van der Waals surface area contributed by atoms with E-state index in [-0.39, 0.29) is 11.8 Å². The van der Waals surface area contributed by atoms with Crippen molar-refractivity contribution >= 4 is 29.1 Å². The largest absolute Gasteiger partial charge is 0.399 e. The molecule has 1 saturated heterocycles. The third kappa shape index (κ3) is 3.22. The molecule has 1 fully saturated rings. The Hall–Kier alpha value is -1.75. The lowest BCUT2D eigenvalue weighted by Crippen LogP contribution is -2.36. The number of carbonyl (C=O) groups is 2. The van der Waals surface area contributed by atoms with Crippen LogP contribution >= 0.6 is 11.6 Å². The minimum absolute atomic E-state index is 0.0461. The molecule has 20 heavy (non-hydrogen) atoms. The number of nitrogens with two attached hydrogens (primary N) is 1. The van der Waals surface area contributed by atoms with E-state index >= 15 is 0 Å². The monoisotopic (exact) mass is 295 g/mol. The SMILES string of the molecule is CC(=O)N1CCCN(C(=O)c2ccc(N)cc2Cl)CC1. The van der Waals surface area contributed by atoms with Crippen LogP contribution in [-0.4, -0.2) is 47.8 Å². The highest BCUT2D eigenvalue weighted by molar-refractivity contribution is 6.34. The Bertz CT molecular complexity index is 533. The first-order valence-electron chi connectivity index (χ1n) is 6.59. The molecular weight excluding hydrogens is 278 g/mol. The lowest BCUT2D eigenvalue weighted by molar-refractivity contribution is -0.128. The maximum absolute atomic E-state index is 12.5. The number of rotatable bonds is 1. The van der Waals surface area contributed by atoms with Crippen LogP contribution in [0, 0.1) is 0 Å². The van der Waals surface area contributed by atoms with Crippen molar-refractivity contribution in [3.05, 3.63) is 28.8 Å². The van der Waals surface area contributed by atoms with Gasteiger partial charge < -0.3 is 15.5 Å². The first-order valence-corrected chi connectivity index (χ1v) is 6.96. The van der Waals surface area contributed by atoms with Gasteiger partial charge in [-0.2, -0.15) is 0 Å². The number of amides is 2. The van der Waals surface area contributed by atoms with Crippen LogP contribution in [0.1, 0.15) is 23.7 Å². The number of halogens is 1. The molecule has 0 radical (unpaired) electrons. The Morgan fingerprint density at radius 2 is 1.80 bits per heavy atom. The molecule has 1 heterocycles. The van der Waals surface area contributed by atoms with Gasteiger partial charge in [0.2, 0.25) is 5.91 Å². The minimum atomic E-state index is -0.111. The smallest absolute Gasteiger partial charge is 0.255 e. The Balaban J connectivity index is 2.11. The molecule has 1 aliphatic heterocycles. The molecule has 1 aliphatic rings. The maximum Gasteiger partial charge on any atom is 0.255 e. The number of anilines is 1. The zero-order valence-corrected chi connectivity index (χ0v) is 12.2. The topological polar surface area (TPSA) is 66.6 Å². The number of benzene rings is 1. The number of carbonyl (C=O) groups excluding carboxylic acids is 2. The van der Waals surface area contributed by atoms with E-state index < -0.39 is 0 Å². The number of nitrogens with zero attached hydrogens (tertiary/aromatic N) is 2. The van der Waals surface area contributed by atoms with Crippen molar-refractivity contribution < 1.29 is 9.59 Å². The van der Waals surface area contributed by atoms with Crippen LogP contribution in [0.25, 0.3) is 0 Å². The lowest BCUT2D eigenvalue weighted by atomic mass is 10.1. The predicted molar refractivity (Wildman–Crippen MR) is 78.6 cm³/mol. The Labute approximate surface area is 123 Å². The minimum Gasteiger partial charge on any atom is -0.399 e. The Kier molecular flexibility index (Phi) is 4.49. The fourth-order valence-corrected chi connectivity index (χ4v) is 2.58. The summed E-state index contributed by atoms with van der Waals surface area (Å²) in [5.74, 6) is -0.0646. The van der Waals surface area contributed by atoms with Gasteiger partial charge in [0.15, 0.2) is 0 Å². The molecule has 0 saturated carbocycles. The van der Waals surface area contributed by atoms with Crippen molar-refractivity contribution in [2.75, 3.05) is 31.9 Å². The van der Waals surface area contributed by atoms with Gasteiger partial charge in [-0.25, -0.2) is 0 Å². The first-order chi connectivity index (χ1) is 9.49. The normalized spacial score (nSPS) is 15.9. The zero-order valence-electron chi connectivity index (χ0n) is 11.4. The zero-order chi connectivity index (χ0) is 14.7. The second-order valence-electron chi connectivity index (χ2n) is 4.89. The third-order valence-electron chi connectivity index (χ3n) is 3.45. The van der Waals surface area contributed by atoms with E-state index in [1.807, 2.05) is 0 Å². The lowest BCUT2D eigenvalue weighted by Gasteiger charge is -2.22. The molecule has 0 aromatic heterocycles. The van der Waals surface area contributed by atoms with E-state index in [1.54, 1.807) is 34.9 Å². The van der Waals surface area contributed by atoms with Crippen molar-refractivity contribution in [2.24, 2.45) is 0 Å². The van der Waals surface area contributed by atoms with E-state index in [0.29, 0.717) is 42.5 Å². The highest BCUT2D eigenvalue weighted by Crippen LogP contribution is 2.21. The van der Waals surface area contributed by atoms with Crippen molar-refractivity contribution in [3.8, 4) is 0 Å². The number of hydrogen-bond donors (Lipinski definition) is 1. The van der Waals surface area contributed by atoms with Crippen LogP contribution in [-0.2, 0) is 4.79 Å². The first kappa shape index (κ1) is 14.7. The van der Waals surface area contributed by atoms with Gasteiger partial charge in [0.25, 0.3) is 5.91 Å². The summed E-state index contributed by atoms with van der Waals surface area (Å²) in [6, 6.07) is 4.89. The predicted octanol–water partition coefficient (Wildman–Crippen LogP) is 1.62. The van der Waals surface area contributed by atoms with Crippen LogP contribution in [0.15, 0.2) is 18.2 Å². The van der Waals surface area contributed by atoms with E-state index in [9.17, 15) is 9.59 Å². The number of nitrogen functional groups attached to an aromatic ring is 1. The molecule has 2 rings (SSSR count). The Morgan fingerprint density at radius 3 is 2.45 bits per heavy atom. The Morgan fingerprint density at radius 1 is 1.15 bits per heavy atom. The average Bonchev–Trinajstić information content (AvgIpc) is 2.63. The van der Waals surface area contributed by atoms with Gasteiger partial charge in [0, 0.05) is 38.8 Å². The van der Waals surface area contributed by atoms with Gasteiger partial charge in [-0.3, -0.25) is 9.59 Å². The highest BCUT2D eigenvalue weighted by atomic mass is 35.5. The molecule has 0 unspecified atom stereocenters. The second-order valence-corrected chi connectivity index (χ2v) is 5.30.